The molecule has 2 aromatic heterocycles. The number of likely N-dealkylation sites (N-methyl/N-ethyl adjacent to an activating group) is 1. The number of nitrogens with zero attached hydrogens (tertiary/aromatic N) is 6. The molecule has 0 bridgehead atoms. The quantitative estimate of drug-likeness (QED) is 0.762. The van der Waals surface area contributed by atoms with Gasteiger partial charge in [-0.2, -0.15) is 0 Å². The number of piperazine rings is 2. The van der Waals surface area contributed by atoms with Gasteiger partial charge in [-0.3, -0.25) is 9.69 Å². The van der Waals surface area contributed by atoms with Crippen LogP contribution in [-0.2, 0) is 17.8 Å². The Kier molecular flexibility index (Phi) is 5.77. The average Bonchev–Trinajstić information content (AvgIpc) is 3.18. The molecule has 0 aromatic carbocycles. The van der Waals surface area contributed by atoms with Gasteiger partial charge >= 0.3 is 0 Å². The van der Waals surface area contributed by atoms with Crippen LogP contribution in [0.3, 0.4) is 0 Å². The van der Waals surface area contributed by atoms with E-state index in [0.29, 0.717) is 6.54 Å². The maximum Gasteiger partial charge on any atom is 0.241 e. The maximum atomic E-state index is 12.0. The first-order valence-corrected chi connectivity index (χ1v) is 10.8. The molecule has 7 nitrogen and oxygen atoms in total. The Hall–Kier alpha value is -2.19. The number of aryl methyl sites for hydroxylation is 1. The van der Waals surface area contributed by atoms with Gasteiger partial charge in [0.1, 0.15) is 18.0 Å². The Morgan fingerprint density at radius 1 is 0.964 bits per heavy atom. The summed E-state index contributed by atoms with van der Waals surface area (Å²) in [5.41, 5.74) is 0. The summed E-state index contributed by atoms with van der Waals surface area (Å²) in [5, 5.41) is 0. The van der Waals surface area contributed by atoms with Crippen LogP contribution in [0, 0.1) is 0 Å². The largest absolute Gasteiger partial charge is 0.354 e. The number of aromatic nitrogens is 2. The second kappa shape index (κ2) is 8.45. The van der Waals surface area contributed by atoms with E-state index in [1.807, 2.05) is 29.4 Å². The molecular formula is C20H28N6OS. The standard InChI is InChI=1S/C20H28N6OS/c1-3-16-4-5-17(28-16)13-24-7-10-25(11-8-24)18-12-19(22-15-21-18)26-9-6-23(2)20(27)14-26/h4-5,12,15H,3,6-11,13-14H2,1-2H3. The van der Waals surface area contributed by atoms with Crippen LogP contribution in [0.1, 0.15) is 16.7 Å². The number of thiophene rings is 1. The molecule has 1 amide bonds. The van der Waals surface area contributed by atoms with Gasteiger partial charge in [-0.05, 0) is 18.6 Å². The van der Waals surface area contributed by atoms with Crippen molar-refractivity contribution < 1.29 is 4.79 Å². The molecule has 0 atom stereocenters. The molecule has 0 N–H and O–H groups in total. The monoisotopic (exact) mass is 400 g/mol. The van der Waals surface area contributed by atoms with Gasteiger partial charge in [0.15, 0.2) is 0 Å². The van der Waals surface area contributed by atoms with Crippen LogP contribution in [0.15, 0.2) is 24.5 Å². The SMILES string of the molecule is CCc1ccc(CN2CCN(c3cc(N4CCN(C)C(=O)C4)ncn3)CC2)s1. The third-order valence-corrected chi connectivity index (χ3v) is 6.78. The summed E-state index contributed by atoms with van der Waals surface area (Å²) in [6, 6.07) is 6.55. The van der Waals surface area contributed by atoms with Gasteiger partial charge < -0.3 is 14.7 Å². The summed E-state index contributed by atoms with van der Waals surface area (Å²) in [5.74, 6) is 1.94. The number of rotatable bonds is 5. The van der Waals surface area contributed by atoms with Crippen molar-refractivity contribution in [1.82, 2.24) is 19.8 Å². The number of carbonyl (C=O) groups is 1. The Balaban J connectivity index is 1.35. The fraction of sp³-hybridized carbons (Fsp3) is 0.550. The minimum atomic E-state index is 0.139. The molecule has 8 heteroatoms. The van der Waals surface area contributed by atoms with Crippen LogP contribution >= 0.6 is 11.3 Å². The molecule has 0 saturated carbocycles. The summed E-state index contributed by atoms with van der Waals surface area (Å²) in [7, 11) is 1.85. The predicted octanol–water partition coefficient (Wildman–Crippen LogP) is 1.70. The molecule has 0 unspecified atom stereocenters. The second-order valence-electron chi connectivity index (χ2n) is 7.46. The predicted molar refractivity (Wildman–Crippen MR) is 113 cm³/mol. The lowest BCUT2D eigenvalue weighted by atomic mass is 10.2. The lowest BCUT2D eigenvalue weighted by molar-refractivity contribution is -0.129. The fourth-order valence-electron chi connectivity index (χ4n) is 3.69. The average molecular weight is 401 g/mol. The van der Waals surface area contributed by atoms with Gasteiger partial charge in [-0.25, -0.2) is 9.97 Å². The zero-order valence-corrected chi connectivity index (χ0v) is 17.5. The molecule has 28 heavy (non-hydrogen) atoms. The van der Waals surface area contributed by atoms with Crippen LogP contribution in [-0.4, -0.2) is 78.5 Å². The zero-order chi connectivity index (χ0) is 19.5. The summed E-state index contributed by atoms with van der Waals surface area (Å²) in [6.07, 6.45) is 2.74. The first-order valence-electron chi connectivity index (χ1n) is 9.98. The summed E-state index contributed by atoms with van der Waals surface area (Å²) in [4.78, 5) is 32.5. The molecule has 0 spiro atoms. The van der Waals surface area contributed by atoms with E-state index in [1.54, 1.807) is 11.2 Å². The lowest BCUT2D eigenvalue weighted by Gasteiger charge is -2.36. The minimum Gasteiger partial charge on any atom is -0.354 e. The van der Waals surface area contributed by atoms with E-state index < -0.39 is 0 Å². The van der Waals surface area contributed by atoms with Crippen molar-refractivity contribution >= 4 is 28.9 Å². The van der Waals surface area contributed by atoms with Crippen LogP contribution in [0.4, 0.5) is 11.6 Å². The Morgan fingerprint density at radius 3 is 2.32 bits per heavy atom. The number of hydrogen-bond acceptors (Lipinski definition) is 7. The van der Waals surface area contributed by atoms with E-state index in [-0.39, 0.29) is 5.91 Å². The van der Waals surface area contributed by atoms with Gasteiger partial charge in [-0.15, -0.1) is 11.3 Å². The third-order valence-electron chi connectivity index (χ3n) is 5.56. The molecule has 2 aliphatic heterocycles. The van der Waals surface area contributed by atoms with Gasteiger partial charge in [0, 0.05) is 68.7 Å². The van der Waals surface area contributed by atoms with Crippen molar-refractivity contribution in [3.8, 4) is 0 Å². The topological polar surface area (TPSA) is 55.8 Å². The van der Waals surface area contributed by atoms with E-state index in [0.717, 1.165) is 63.9 Å². The second-order valence-corrected chi connectivity index (χ2v) is 8.71. The van der Waals surface area contributed by atoms with Gasteiger partial charge in [-0.1, -0.05) is 6.92 Å². The molecule has 2 aliphatic rings. The van der Waals surface area contributed by atoms with Crippen molar-refractivity contribution in [2.45, 2.75) is 19.9 Å². The van der Waals surface area contributed by atoms with Crippen molar-refractivity contribution in [3.05, 3.63) is 34.3 Å². The molecule has 2 saturated heterocycles. The van der Waals surface area contributed by atoms with E-state index in [9.17, 15) is 4.79 Å². The summed E-state index contributed by atoms with van der Waals surface area (Å²) in [6.45, 7) is 9.18. The van der Waals surface area contributed by atoms with Crippen LogP contribution in [0.25, 0.3) is 0 Å². The number of anilines is 2. The van der Waals surface area contributed by atoms with Gasteiger partial charge in [0.2, 0.25) is 5.91 Å². The highest BCUT2D eigenvalue weighted by Gasteiger charge is 2.24. The molecule has 2 aromatic rings. The van der Waals surface area contributed by atoms with Gasteiger partial charge in [0.25, 0.3) is 0 Å². The molecule has 150 valence electrons. The van der Waals surface area contributed by atoms with Crippen molar-refractivity contribution in [3.63, 3.8) is 0 Å². The Morgan fingerprint density at radius 2 is 1.64 bits per heavy atom. The number of amides is 1. The molecule has 2 fully saturated rings. The van der Waals surface area contributed by atoms with E-state index in [4.69, 9.17) is 0 Å². The fourth-order valence-corrected chi connectivity index (χ4v) is 4.69. The van der Waals surface area contributed by atoms with Crippen molar-refractivity contribution in [2.24, 2.45) is 0 Å². The highest BCUT2D eigenvalue weighted by molar-refractivity contribution is 7.11. The maximum absolute atomic E-state index is 12.0. The van der Waals surface area contributed by atoms with Crippen molar-refractivity contribution in [1.29, 1.82) is 0 Å². The zero-order valence-electron chi connectivity index (χ0n) is 16.7. The smallest absolute Gasteiger partial charge is 0.241 e. The first-order chi connectivity index (χ1) is 13.6. The molecular weight excluding hydrogens is 372 g/mol. The summed E-state index contributed by atoms with van der Waals surface area (Å²) < 4.78 is 0. The third kappa shape index (κ3) is 4.28. The lowest BCUT2D eigenvalue weighted by Crippen LogP contribution is -2.49. The van der Waals surface area contributed by atoms with E-state index in [1.165, 1.54) is 9.75 Å². The van der Waals surface area contributed by atoms with E-state index >= 15 is 0 Å². The Bertz CT molecular complexity index is 817. The highest BCUT2D eigenvalue weighted by atomic mass is 32.1. The number of hydrogen-bond donors (Lipinski definition) is 0. The molecule has 0 radical (unpaired) electrons. The molecule has 0 aliphatic carbocycles. The van der Waals surface area contributed by atoms with Gasteiger partial charge in [0.05, 0.1) is 6.54 Å². The normalized spacial score (nSPS) is 18.8. The molecule has 4 rings (SSSR count). The van der Waals surface area contributed by atoms with E-state index in [2.05, 4.69) is 38.8 Å². The first kappa shape index (κ1) is 19.1. The molecule has 4 heterocycles. The van der Waals surface area contributed by atoms with Crippen LogP contribution in [0.2, 0.25) is 0 Å². The van der Waals surface area contributed by atoms with Crippen molar-refractivity contribution in [2.75, 3.05) is 62.7 Å². The van der Waals surface area contributed by atoms with Crippen LogP contribution in [0.5, 0.6) is 0 Å². The van der Waals surface area contributed by atoms with Crippen LogP contribution < -0.4 is 9.80 Å². The summed E-state index contributed by atoms with van der Waals surface area (Å²) >= 11 is 1.93. The Labute approximate surface area is 170 Å². The minimum absolute atomic E-state index is 0.139. The highest BCUT2D eigenvalue weighted by Crippen LogP contribution is 2.22. The number of carbonyl (C=O) groups excluding carboxylic acids is 1.